The summed E-state index contributed by atoms with van der Waals surface area (Å²) in [6.07, 6.45) is 3.67. The molecule has 1 aromatic heterocycles. The molecule has 0 saturated carbocycles. The minimum Gasteiger partial charge on any atom is -0.392 e. The number of nitrogens with zero attached hydrogens (tertiary/aromatic N) is 2. The van der Waals surface area contributed by atoms with Crippen molar-refractivity contribution in [2.45, 2.75) is 25.5 Å². The highest BCUT2D eigenvalue weighted by Gasteiger charge is 2.18. The van der Waals surface area contributed by atoms with Crippen LogP contribution in [0.1, 0.15) is 17.7 Å². The number of likely N-dealkylation sites (tertiary alicyclic amines) is 1. The molecule has 1 unspecified atom stereocenters. The Morgan fingerprint density at radius 1 is 1.67 bits per heavy atom. The zero-order chi connectivity index (χ0) is 9.97. The average Bonchev–Trinajstić information content (AvgIpc) is 2.51. The zero-order valence-corrected chi connectivity index (χ0v) is 10.1. The van der Waals surface area contributed by atoms with Gasteiger partial charge in [0.05, 0.1) is 6.10 Å². The number of aromatic nitrogens is 1. The van der Waals surface area contributed by atoms with E-state index in [0.717, 1.165) is 32.5 Å². The normalized spacial score (nSPS) is 22.3. The molecule has 1 fully saturated rings. The topological polar surface area (TPSA) is 62.4 Å². The highest BCUT2D eigenvalue weighted by Crippen LogP contribution is 2.19. The summed E-state index contributed by atoms with van der Waals surface area (Å²) in [6.45, 7) is 2.71. The summed E-state index contributed by atoms with van der Waals surface area (Å²) in [4.78, 5) is 7.44. The Balaban J connectivity index is 0.00000112. The van der Waals surface area contributed by atoms with Gasteiger partial charge in [-0.2, -0.15) is 0 Å². The molecule has 0 spiro atoms. The van der Waals surface area contributed by atoms with E-state index in [1.165, 1.54) is 16.2 Å². The van der Waals surface area contributed by atoms with Crippen molar-refractivity contribution >= 4 is 28.9 Å². The van der Waals surface area contributed by atoms with E-state index in [4.69, 9.17) is 5.73 Å². The lowest BCUT2D eigenvalue weighted by Gasteiger charge is -2.29. The van der Waals surface area contributed by atoms with Gasteiger partial charge in [-0.05, 0) is 19.4 Å². The minimum absolute atomic E-state index is 0. The largest absolute Gasteiger partial charge is 0.392 e. The lowest BCUT2D eigenvalue weighted by atomic mass is 10.1. The number of aliphatic hydroxyl groups excluding tert-OH is 1. The molecule has 0 aromatic carbocycles. The van der Waals surface area contributed by atoms with Gasteiger partial charge in [0.25, 0.3) is 0 Å². The molecule has 0 bridgehead atoms. The standard InChI is InChI=1S/C9H15N3OS.ClH/c10-9-11-4-8(14-9)6-12-3-1-2-7(13)5-12;/h4,7,13H,1-3,5-6H2,(H2,10,11);1H. The van der Waals surface area contributed by atoms with Crippen molar-refractivity contribution in [3.63, 3.8) is 0 Å². The highest BCUT2D eigenvalue weighted by molar-refractivity contribution is 7.15. The predicted molar refractivity (Wildman–Crippen MR) is 64.3 cm³/mol. The molecule has 2 heterocycles. The summed E-state index contributed by atoms with van der Waals surface area (Å²) < 4.78 is 0. The van der Waals surface area contributed by atoms with E-state index < -0.39 is 0 Å². The van der Waals surface area contributed by atoms with E-state index >= 15 is 0 Å². The molecule has 6 heteroatoms. The fraction of sp³-hybridized carbons (Fsp3) is 0.667. The fourth-order valence-electron chi connectivity index (χ4n) is 1.79. The molecule has 0 aliphatic carbocycles. The third kappa shape index (κ3) is 3.61. The lowest BCUT2D eigenvalue weighted by molar-refractivity contribution is 0.0673. The second-order valence-corrected chi connectivity index (χ2v) is 4.84. The van der Waals surface area contributed by atoms with Gasteiger partial charge >= 0.3 is 0 Å². The summed E-state index contributed by atoms with van der Waals surface area (Å²) in [7, 11) is 0. The number of thiazole rings is 1. The first-order valence-corrected chi connectivity index (χ1v) is 5.66. The predicted octanol–water partition coefficient (Wildman–Crippen LogP) is 1.10. The van der Waals surface area contributed by atoms with Gasteiger partial charge in [-0.25, -0.2) is 4.98 Å². The van der Waals surface area contributed by atoms with E-state index in [1.54, 1.807) is 0 Å². The number of anilines is 1. The van der Waals surface area contributed by atoms with Gasteiger partial charge in [0.1, 0.15) is 0 Å². The number of piperidine rings is 1. The molecular formula is C9H16ClN3OS. The fourth-order valence-corrected chi connectivity index (χ4v) is 2.52. The molecule has 2 rings (SSSR count). The molecule has 4 nitrogen and oxygen atoms in total. The average molecular weight is 250 g/mol. The Morgan fingerprint density at radius 3 is 3.07 bits per heavy atom. The van der Waals surface area contributed by atoms with Crippen LogP contribution in [0.15, 0.2) is 6.20 Å². The smallest absolute Gasteiger partial charge is 0.180 e. The van der Waals surface area contributed by atoms with E-state index in [2.05, 4.69) is 9.88 Å². The van der Waals surface area contributed by atoms with Crippen LogP contribution >= 0.6 is 23.7 Å². The summed E-state index contributed by atoms with van der Waals surface area (Å²) in [6, 6.07) is 0. The van der Waals surface area contributed by atoms with E-state index in [-0.39, 0.29) is 18.5 Å². The van der Waals surface area contributed by atoms with Crippen LogP contribution in [0.2, 0.25) is 0 Å². The van der Waals surface area contributed by atoms with Gasteiger partial charge in [-0.3, -0.25) is 4.90 Å². The van der Waals surface area contributed by atoms with Crippen LogP contribution in [0.25, 0.3) is 0 Å². The number of aliphatic hydroxyl groups is 1. The van der Waals surface area contributed by atoms with Crippen molar-refractivity contribution in [2.24, 2.45) is 0 Å². The number of nitrogens with two attached hydrogens (primary N) is 1. The summed E-state index contributed by atoms with van der Waals surface area (Å²) in [5.74, 6) is 0. The van der Waals surface area contributed by atoms with Gasteiger partial charge in [0.2, 0.25) is 0 Å². The quantitative estimate of drug-likeness (QED) is 0.824. The van der Waals surface area contributed by atoms with E-state index in [0.29, 0.717) is 5.13 Å². The van der Waals surface area contributed by atoms with Crippen LogP contribution in [0, 0.1) is 0 Å². The van der Waals surface area contributed by atoms with E-state index in [1.807, 2.05) is 6.20 Å². The molecule has 1 aromatic rings. The maximum absolute atomic E-state index is 9.48. The molecule has 1 aliphatic heterocycles. The molecule has 86 valence electrons. The molecule has 0 radical (unpaired) electrons. The van der Waals surface area contributed by atoms with Gasteiger partial charge in [0, 0.05) is 24.2 Å². The van der Waals surface area contributed by atoms with Gasteiger partial charge in [-0.15, -0.1) is 23.7 Å². The van der Waals surface area contributed by atoms with Crippen molar-refractivity contribution in [2.75, 3.05) is 18.8 Å². The molecule has 1 atom stereocenters. The number of β-amino-alcohol motifs (C(OH)–C–C–N with tert-alkyl or cyclic N) is 1. The Labute approximate surface area is 99.5 Å². The molecule has 0 amide bonds. The maximum Gasteiger partial charge on any atom is 0.180 e. The summed E-state index contributed by atoms with van der Waals surface area (Å²) in [5.41, 5.74) is 5.55. The van der Waals surface area contributed by atoms with Crippen LogP contribution < -0.4 is 5.73 Å². The van der Waals surface area contributed by atoms with Crippen LogP contribution in [-0.2, 0) is 6.54 Å². The van der Waals surface area contributed by atoms with Crippen molar-refractivity contribution in [1.82, 2.24) is 9.88 Å². The Bertz CT molecular complexity index is 307. The molecular weight excluding hydrogens is 234 g/mol. The van der Waals surface area contributed by atoms with E-state index in [9.17, 15) is 5.11 Å². The number of nitrogen functional groups attached to an aromatic ring is 1. The SMILES string of the molecule is Cl.Nc1ncc(CN2CCCC(O)C2)s1. The first-order valence-electron chi connectivity index (χ1n) is 4.84. The summed E-state index contributed by atoms with van der Waals surface area (Å²) >= 11 is 1.53. The number of halogens is 1. The van der Waals surface area contributed by atoms with Crippen LogP contribution in [0.3, 0.4) is 0 Å². The Morgan fingerprint density at radius 2 is 2.47 bits per heavy atom. The second-order valence-electron chi connectivity index (χ2n) is 3.70. The number of rotatable bonds is 2. The lowest BCUT2D eigenvalue weighted by Crippen LogP contribution is -2.37. The minimum atomic E-state index is -0.158. The third-order valence-electron chi connectivity index (χ3n) is 2.43. The molecule has 1 saturated heterocycles. The van der Waals surface area contributed by atoms with Gasteiger partial charge in [0.15, 0.2) is 5.13 Å². The zero-order valence-electron chi connectivity index (χ0n) is 8.43. The first-order chi connectivity index (χ1) is 6.74. The highest BCUT2D eigenvalue weighted by atomic mass is 35.5. The monoisotopic (exact) mass is 249 g/mol. The Kier molecular flexibility index (Phi) is 4.79. The molecule has 1 aliphatic rings. The van der Waals surface area contributed by atoms with Crippen LogP contribution in [0.5, 0.6) is 0 Å². The summed E-state index contributed by atoms with van der Waals surface area (Å²) in [5, 5.41) is 10.1. The van der Waals surface area contributed by atoms with Gasteiger partial charge < -0.3 is 10.8 Å². The third-order valence-corrected chi connectivity index (χ3v) is 3.24. The number of hydrogen-bond donors (Lipinski definition) is 2. The second kappa shape index (κ2) is 5.65. The van der Waals surface area contributed by atoms with Gasteiger partial charge in [-0.1, -0.05) is 0 Å². The first kappa shape index (κ1) is 12.7. The Hall–Kier alpha value is -0.360. The molecule has 15 heavy (non-hydrogen) atoms. The number of hydrogen-bond acceptors (Lipinski definition) is 5. The van der Waals surface area contributed by atoms with Crippen molar-refractivity contribution < 1.29 is 5.11 Å². The van der Waals surface area contributed by atoms with Crippen LogP contribution in [0.4, 0.5) is 5.13 Å². The van der Waals surface area contributed by atoms with Crippen molar-refractivity contribution in [1.29, 1.82) is 0 Å². The van der Waals surface area contributed by atoms with Crippen LogP contribution in [-0.4, -0.2) is 34.2 Å². The van der Waals surface area contributed by atoms with Crippen molar-refractivity contribution in [3.05, 3.63) is 11.1 Å². The molecule has 3 N–H and O–H groups in total. The van der Waals surface area contributed by atoms with Crippen molar-refractivity contribution in [3.8, 4) is 0 Å². The maximum atomic E-state index is 9.48.